The molecule has 0 bridgehead atoms. The monoisotopic (exact) mass is 451 g/mol. The SMILES string of the molecule is C/C=C1\NC2(c3ccc4c(oc5c6c(ccc54)CC=C6)c31)C1c3ccccc3-c3cccc[n+]3C12. The Labute approximate surface area is 203 Å². The van der Waals surface area contributed by atoms with Crippen molar-refractivity contribution < 1.29 is 8.98 Å². The van der Waals surface area contributed by atoms with Crippen molar-refractivity contribution in [1.82, 2.24) is 5.32 Å². The molecule has 0 saturated heterocycles. The summed E-state index contributed by atoms with van der Waals surface area (Å²) in [5.41, 5.74) is 12.3. The van der Waals surface area contributed by atoms with Crippen LogP contribution in [0.15, 0.2) is 89.5 Å². The third-order valence-corrected chi connectivity index (χ3v) is 8.83. The molecule has 2 aliphatic carbocycles. The van der Waals surface area contributed by atoms with Crippen LogP contribution < -0.4 is 9.88 Å². The topological polar surface area (TPSA) is 29.1 Å². The van der Waals surface area contributed by atoms with Crippen LogP contribution in [-0.2, 0) is 12.0 Å². The Morgan fingerprint density at radius 1 is 0.971 bits per heavy atom. The van der Waals surface area contributed by atoms with E-state index in [4.69, 9.17) is 4.42 Å². The first-order valence-electron chi connectivity index (χ1n) is 12.5. The molecule has 4 aliphatic rings. The maximum Gasteiger partial charge on any atom is 0.213 e. The minimum absolute atomic E-state index is 0.167. The molecule has 9 rings (SSSR count). The molecule has 35 heavy (non-hydrogen) atoms. The number of allylic oxidation sites excluding steroid dienone is 2. The van der Waals surface area contributed by atoms with E-state index in [0.29, 0.717) is 12.0 Å². The number of furan rings is 1. The summed E-state index contributed by atoms with van der Waals surface area (Å²) in [7, 11) is 0. The van der Waals surface area contributed by atoms with Crippen molar-refractivity contribution in [1.29, 1.82) is 0 Å². The van der Waals surface area contributed by atoms with Gasteiger partial charge in [0.05, 0.1) is 5.92 Å². The molecule has 3 aromatic carbocycles. The summed E-state index contributed by atoms with van der Waals surface area (Å²) in [4.78, 5) is 0. The van der Waals surface area contributed by atoms with Gasteiger partial charge < -0.3 is 9.73 Å². The highest BCUT2D eigenvalue weighted by Gasteiger charge is 2.78. The van der Waals surface area contributed by atoms with Crippen molar-refractivity contribution in [2.24, 2.45) is 0 Å². The number of rotatable bonds is 0. The molecule has 2 aliphatic heterocycles. The van der Waals surface area contributed by atoms with Crippen LogP contribution in [0.4, 0.5) is 0 Å². The van der Waals surface area contributed by atoms with Crippen LogP contribution in [0.1, 0.15) is 46.7 Å². The molecular weight excluding hydrogens is 428 g/mol. The number of nitrogens with zero attached hydrogens (tertiary/aromatic N) is 1. The number of nitrogens with one attached hydrogen (secondary N) is 1. The molecule has 1 saturated carbocycles. The molecule has 5 aromatic rings. The number of fused-ring (bicyclic) bond motifs is 16. The summed E-state index contributed by atoms with van der Waals surface area (Å²) >= 11 is 0. The Morgan fingerprint density at radius 3 is 2.77 bits per heavy atom. The van der Waals surface area contributed by atoms with Gasteiger partial charge in [0, 0.05) is 45.3 Å². The Morgan fingerprint density at radius 2 is 1.83 bits per heavy atom. The van der Waals surface area contributed by atoms with Gasteiger partial charge in [0.2, 0.25) is 5.69 Å². The Kier molecular flexibility index (Phi) is 3.09. The van der Waals surface area contributed by atoms with Gasteiger partial charge in [0.25, 0.3) is 0 Å². The number of hydrogen-bond donors (Lipinski definition) is 1. The van der Waals surface area contributed by atoms with Gasteiger partial charge in [-0.2, -0.15) is 4.57 Å². The highest BCUT2D eigenvalue weighted by Crippen LogP contribution is 2.71. The van der Waals surface area contributed by atoms with E-state index in [1.807, 2.05) is 0 Å². The summed E-state index contributed by atoms with van der Waals surface area (Å²) in [5.74, 6) is 0.379. The first-order chi connectivity index (χ1) is 17.3. The van der Waals surface area contributed by atoms with Gasteiger partial charge in [-0.3, -0.25) is 0 Å². The number of aromatic nitrogens is 1. The van der Waals surface area contributed by atoms with Crippen LogP contribution in [0.5, 0.6) is 0 Å². The average molecular weight is 452 g/mol. The summed E-state index contributed by atoms with van der Waals surface area (Å²) in [6, 6.07) is 25.0. The lowest BCUT2D eigenvalue weighted by molar-refractivity contribution is -0.696. The molecule has 1 N–H and O–H groups in total. The molecule has 1 spiro atoms. The fourth-order valence-electron chi connectivity index (χ4n) is 7.38. The first kappa shape index (κ1) is 18.2. The molecule has 4 heterocycles. The normalized spacial score (nSPS) is 25.5. The lowest BCUT2D eigenvalue weighted by atomic mass is 9.93. The third-order valence-electron chi connectivity index (χ3n) is 8.83. The highest BCUT2D eigenvalue weighted by atomic mass is 16.3. The molecule has 3 nitrogen and oxygen atoms in total. The summed E-state index contributed by atoms with van der Waals surface area (Å²) in [6.45, 7) is 2.13. The van der Waals surface area contributed by atoms with E-state index in [2.05, 4.69) is 108 Å². The van der Waals surface area contributed by atoms with E-state index in [-0.39, 0.29) is 5.54 Å². The predicted molar refractivity (Wildman–Crippen MR) is 139 cm³/mol. The predicted octanol–water partition coefficient (Wildman–Crippen LogP) is 6.62. The van der Waals surface area contributed by atoms with Gasteiger partial charge in [-0.25, -0.2) is 0 Å². The zero-order valence-electron chi connectivity index (χ0n) is 19.4. The van der Waals surface area contributed by atoms with Gasteiger partial charge in [-0.1, -0.05) is 60.7 Å². The van der Waals surface area contributed by atoms with Crippen LogP contribution in [0.2, 0.25) is 0 Å². The van der Waals surface area contributed by atoms with Crippen LogP contribution in [0, 0.1) is 0 Å². The summed E-state index contributed by atoms with van der Waals surface area (Å²) in [6.07, 6.45) is 9.91. The van der Waals surface area contributed by atoms with Gasteiger partial charge >= 0.3 is 0 Å². The van der Waals surface area contributed by atoms with Gasteiger partial charge in [-0.15, -0.1) is 0 Å². The van der Waals surface area contributed by atoms with Gasteiger partial charge in [-0.05, 0) is 42.2 Å². The van der Waals surface area contributed by atoms with Crippen molar-refractivity contribution in [2.45, 2.75) is 30.8 Å². The van der Waals surface area contributed by atoms with E-state index in [1.54, 1.807) is 0 Å². The van der Waals surface area contributed by atoms with Crippen LogP contribution in [-0.4, -0.2) is 0 Å². The van der Waals surface area contributed by atoms with E-state index in [9.17, 15) is 0 Å². The summed E-state index contributed by atoms with van der Waals surface area (Å²) in [5, 5.41) is 6.45. The number of benzene rings is 3. The lowest BCUT2D eigenvalue weighted by Gasteiger charge is -2.12. The van der Waals surface area contributed by atoms with Crippen molar-refractivity contribution >= 4 is 33.7 Å². The summed E-state index contributed by atoms with van der Waals surface area (Å²) < 4.78 is 9.23. The first-order valence-corrected chi connectivity index (χ1v) is 12.5. The maximum absolute atomic E-state index is 6.74. The smallest absolute Gasteiger partial charge is 0.213 e. The Balaban J connectivity index is 1.35. The van der Waals surface area contributed by atoms with Crippen LogP contribution in [0.25, 0.3) is 45.0 Å². The van der Waals surface area contributed by atoms with Crippen molar-refractivity contribution in [3.8, 4) is 11.3 Å². The molecule has 3 heteroatoms. The minimum Gasteiger partial charge on any atom is -0.455 e. The number of hydrogen-bond acceptors (Lipinski definition) is 2. The molecule has 0 radical (unpaired) electrons. The molecule has 3 unspecified atom stereocenters. The van der Waals surface area contributed by atoms with Gasteiger partial charge in [0.15, 0.2) is 12.2 Å². The zero-order chi connectivity index (χ0) is 22.9. The third kappa shape index (κ3) is 1.96. The van der Waals surface area contributed by atoms with Crippen molar-refractivity contribution in [3.63, 3.8) is 0 Å². The standard InChI is InChI=1S/C32H23N2O/c1-2-25-27-24(16-15-23-22-14-13-18-8-7-11-19(18)29(22)35-30(23)27)32(33-25)28-21-10-4-3-9-20(21)26-12-5-6-17-34(26)31(28)32/h2-7,9-17,28,31,33H,8H2,1H3/q+1/b25-2-. The quantitative estimate of drug-likeness (QED) is 0.268. The second kappa shape index (κ2) is 5.92. The van der Waals surface area contributed by atoms with E-state index in [0.717, 1.165) is 17.6 Å². The van der Waals surface area contributed by atoms with E-state index in [1.165, 1.54) is 55.5 Å². The average Bonchev–Trinajstić information content (AvgIpc) is 3.23. The fraction of sp³-hybridized carbons (Fsp3) is 0.156. The fourth-order valence-corrected chi connectivity index (χ4v) is 7.38. The highest BCUT2D eigenvalue weighted by molar-refractivity contribution is 6.11. The molecule has 2 aromatic heterocycles. The second-order valence-electron chi connectivity index (χ2n) is 10.3. The minimum atomic E-state index is -0.167. The van der Waals surface area contributed by atoms with Crippen molar-refractivity contribution in [2.75, 3.05) is 0 Å². The van der Waals surface area contributed by atoms with E-state index < -0.39 is 0 Å². The van der Waals surface area contributed by atoms with Crippen LogP contribution in [0.3, 0.4) is 0 Å². The Bertz CT molecular complexity index is 1780. The Hall–Kier alpha value is -4.11. The molecule has 166 valence electrons. The number of pyridine rings is 1. The maximum atomic E-state index is 6.74. The molecule has 1 fully saturated rings. The second-order valence-corrected chi connectivity index (χ2v) is 10.3. The van der Waals surface area contributed by atoms with Crippen molar-refractivity contribution in [3.05, 3.63) is 113 Å². The lowest BCUT2D eigenvalue weighted by Crippen LogP contribution is -2.41. The molecule has 3 atom stereocenters. The largest absolute Gasteiger partial charge is 0.455 e. The van der Waals surface area contributed by atoms with Crippen LogP contribution >= 0.6 is 0 Å². The van der Waals surface area contributed by atoms with Gasteiger partial charge in [0.1, 0.15) is 16.7 Å². The van der Waals surface area contributed by atoms with E-state index >= 15 is 0 Å². The molecule has 0 amide bonds. The molecular formula is C32H23N2O+. The zero-order valence-corrected chi connectivity index (χ0v) is 19.4.